The van der Waals surface area contributed by atoms with E-state index in [1.54, 1.807) is 12.1 Å². The fourth-order valence-corrected chi connectivity index (χ4v) is 2.41. The third-order valence-corrected chi connectivity index (χ3v) is 3.89. The Balaban J connectivity index is 1.91. The van der Waals surface area contributed by atoms with Crippen molar-refractivity contribution in [3.63, 3.8) is 0 Å². The van der Waals surface area contributed by atoms with Gasteiger partial charge < -0.3 is 14.9 Å². The Morgan fingerprint density at radius 3 is 2.78 bits per heavy atom. The minimum atomic E-state index is -0.374. The number of furan rings is 1. The van der Waals surface area contributed by atoms with Crippen LogP contribution in [0.3, 0.4) is 0 Å². The number of nitrogens with two attached hydrogens (primary N) is 1. The summed E-state index contributed by atoms with van der Waals surface area (Å²) in [6, 6.07) is 3.33. The normalized spacial score (nSPS) is 28.1. The maximum Gasteiger partial charge on any atom is 0.374 e. The molecular weight excluding hydrogens is 230 g/mol. The van der Waals surface area contributed by atoms with Crippen LogP contribution in [0.1, 0.15) is 49.4 Å². The number of esters is 1. The Hall–Kier alpha value is -1.29. The number of carbonyl (C=O) groups excluding carboxylic acids is 1. The highest BCUT2D eigenvalue weighted by Gasteiger charge is 2.28. The molecule has 18 heavy (non-hydrogen) atoms. The van der Waals surface area contributed by atoms with Gasteiger partial charge in [0, 0.05) is 0 Å². The Morgan fingerprint density at radius 2 is 2.17 bits per heavy atom. The van der Waals surface area contributed by atoms with E-state index >= 15 is 0 Å². The summed E-state index contributed by atoms with van der Waals surface area (Å²) in [5.41, 5.74) is 5.44. The molecule has 100 valence electrons. The largest absolute Gasteiger partial charge is 0.457 e. The number of carbonyl (C=O) groups is 1. The average molecular weight is 251 g/mol. The molecule has 4 nitrogen and oxygen atoms in total. The molecule has 0 spiro atoms. The van der Waals surface area contributed by atoms with Gasteiger partial charge in [-0.25, -0.2) is 4.79 Å². The lowest BCUT2D eigenvalue weighted by molar-refractivity contribution is 0.00560. The van der Waals surface area contributed by atoms with Crippen LogP contribution in [0.25, 0.3) is 0 Å². The van der Waals surface area contributed by atoms with E-state index in [2.05, 4.69) is 13.8 Å². The minimum Gasteiger partial charge on any atom is -0.457 e. The summed E-state index contributed by atoms with van der Waals surface area (Å²) in [5.74, 6) is 1.80. The lowest BCUT2D eigenvalue weighted by Gasteiger charge is -2.31. The van der Waals surface area contributed by atoms with E-state index in [1.807, 2.05) is 0 Å². The van der Waals surface area contributed by atoms with Crippen LogP contribution < -0.4 is 5.73 Å². The van der Waals surface area contributed by atoms with Crippen molar-refractivity contribution in [2.75, 3.05) is 0 Å². The number of hydrogen-bond acceptors (Lipinski definition) is 4. The topological polar surface area (TPSA) is 65.5 Å². The van der Waals surface area contributed by atoms with Crippen molar-refractivity contribution in [3.8, 4) is 0 Å². The maximum absolute atomic E-state index is 11.9. The molecule has 3 atom stereocenters. The monoisotopic (exact) mass is 251 g/mol. The summed E-state index contributed by atoms with van der Waals surface area (Å²) < 4.78 is 10.8. The van der Waals surface area contributed by atoms with Crippen LogP contribution in [-0.4, -0.2) is 12.1 Å². The first kappa shape index (κ1) is 13.1. The Morgan fingerprint density at radius 1 is 1.39 bits per heavy atom. The summed E-state index contributed by atoms with van der Waals surface area (Å²) in [6.45, 7) is 4.76. The Kier molecular flexibility index (Phi) is 4.07. The van der Waals surface area contributed by atoms with Crippen molar-refractivity contribution in [1.29, 1.82) is 0 Å². The molecule has 4 heteroatoms. The fourth-order valence-electron chi connectivity index (χ4n) is 2.41. The van der Waals surface area contributed by atoms with Crippen LogP contribution >= 0.6 is 0 Å². The van der Waals surface area contributed by atoms with Gasteiger partial charge >= 0.3 is 5.97 Å². The lowest BCUT2D eigenvalue weighted by Crippen LogP contribution is -2.28. The molecular formula is C14H21NO3. The molecule has 1 heterocycles. The van der Waals surface area contributed by atoms with Gasteiger partial charge in [0.2, 0.25) is 5.76 Å². The summed E-state index contributed by atoms with van der Waals surface area (Å²) in [4.78, 5) is 11.9. The van der Waals surface area contributed by atoms with Crippen molar-refractivity contribution < 1.29 is 13.9 Å². The van der Waals surface area contributed by atoms with Crippen molar-refractivity contribution >= 4 is 5.97 Å². The van der Waals surface area contributed by atoms with E-state index in [9.17, 15) is 4.79 Å². The predicted molar refractivity (Wildman–Crippen MR) is 68.0 cm³/mol. The van der Waals surface area contributed by atoms with Gasteiger partial charge in [-0.2, -0.15) is 0 Å². The van der Waals surface area contributed by atoms with Crippen LogP contribution in [0.2, 0.25) is 0 Å². The van der Waals surface area contributed by atoms with Gasteiger partial charge in [0.1, 0.15) is 11.9 Å². The van der Waals surface area contributed by atoms with Crippen molar-refractivity contribution in [1.82, 2.24) is 0 Å². The molecule has 0 radical (unpaired) electrons. The smallest absolute Gasteiger partial charge is 0.374 e. The van der Waals surface area contributed by atoms with Crippen LogP contribution in [0.15, 0.2) is 16.5 Å². The van der Waals surface area contributed by atoms with Gasteiger partial charge in [0.25, 0.3) is 0 Å². The highest BCUT2D eigenvalue weighted by atomic mass is 16.6. The molecule has 1 fully saturated rings. The maximum atomic E-state index is 11.9. The second kappa shape index (κ2) is 5.57. The summed E-state index contributed by atoms with van der Waals surface area (Å²) in [5, 5.41) is 0. The van der Waals surface area contributed by atoms with Crippen molar-refractivity contribution in [2.45, 2.75) is 45.8 Å². The first-order valence-electron chi connectivity index (χ1n) is 6.60. The Bertz CT molecular complexity index is 413. The molecule has 1 aliphatic carbocycles. The molecule has 2 rings (SSSR count). The van der Waals surface area contributed by atoms with E-state index in [1.165, 1.54) is 0 Å². The molecule has 1 aliphatic rings. The summed E-state index contributed by atoms with van der Waals surface area (Å²) in [7, 11) is 0. The molecule has 0 bridgehead atoms. The zero-order valence-electron chi connectivity index (χ0n) is 11.0. The predicted octanol–water partition coefficient (Wildman–Crippen LogP) is 2.72. The second-order valence-corrected chi connectivity index (χ2v) is 5.27. The molecule has 1 saturated carbocycles. The van der Waals surface area contributed by atoms with Crippen molar-refractivity contribution in [2.24, 2.45) is 17.6 Å². The molecule has 0 aromatic carbocycles. The van der Waals surface area contributed by atoms with Gasteiger partial charge in [0.05, 0.1) is 6.54 Å². The molecule has 1 aromatic rings. The van der Waals surface area contributed by atoms with Crippen LogP contribution in [0, 0.1) is 11.8 Å². The standard InChI is InChI=1S/C14H21NO3/c1-9-3-4-11(7-10(9)2)18-14(16)13-6-5-12(8-15)17-13/h5-6,9-11H,3-4,7-8,15H2,1-2H3. The van der Waals surface area contributed by atoms with Crippen LogP contribution in [0.5, 0.6) is 0 Å². The second-order valence-electron chi connectivity index (χ2n) is 5.27. The van der Waals surface area contributed by atoms with Gasteiger partial charge in [-0.3, -0.25) is 0 Å². The molecule has 2 N–H and O–H groups in total. The quantitative estimate of drug-likeness (QED) is 0.839. The third kappa shape index (κ3) is 2.93. The van der Waals surface area contributed by atoms with Gasteiger partial charge in [0.15, 0.2) is 0 Å². The van der Waals surface area contributed by atoms with E-state index in [0.29, 0.717) is 24.1 Å². The molecule has 0 aliphatic heterocycles. The van der Waals surface area contributed by atoms with Gasteiger partial charge in [-0.15, -0.1) is 0 Å². The number of hydrogen-bond donors (Lipinski definition) is 1. The molecule has 0 amide bonds. The minimum absolute atomic E-state index is 0.0233. The number of rotatable bonds is 3. The van der Waals surface area contributed by atoms with Crippen LogP contribution in [0.4, 0.5) is 0 Å². The first-order chi connectivity index (χ1) is 8.60. The van der Waals surface area contributed by atoms with E-state index in [-0.39, 0.29) is 17.8 Å². The zero-order chi connectivity index (χ0) is 13.1. The number of ether oxygens (including phenoxy) is 1. The SMILES string of the molecule is CC1CCC(OC(=O)c2ccc(CN)o2)CC1C. The van der Waals surface area contributed by atoms with E-state index in [0.717, 1.165) is 19.3 Å². The molecule has 1 aromatic heterocycles. The third-order valence-electron chi connectivity index (χ3n) is 3.89. The van der Waals surface area contributed by atoms with Gasteiger partial charge in [-0.1, -0.05) is 13.8 Å². The fraction of sp³-hybridized carbons (Fsp3) is 0.643. The van der Waals surface area contributed by atoms with Crippen molar-refractivity contribution in [3.05, 3.63) is 23.7 Å². The summed E-state index contributed by atoms with van der Waals surface area (Å²) >= 11 is 0. The molecule has 0 saturated heterocycles. The zero-order valence-corrected chi connectivity index (χ0v) is 11.0. The average Bonchev–Trinajstić information content (AvgIpc) is 2.82. The molecule has 3 unspecified atom stereocenters. The highest BCUT2D eigenvalue weighted by Crippen LogP contribution is 2.31. The van der Waals surface area contributed by atoms with Crippen LogP contribution in [-0.2, 0) is 11.3 Å². The summed E-state index contributed by atoms with van der Waals surface area (Å²) in [6.07, 6.45) is 3.03. The lowest BCUT2D eigenvalue weighted by atomic mass is 9.80. The van der Waals surface area contributed by atoms with E-state index < -0.39 is 0 Å². The highest BCUT2D eigenvalue weighted by molar-refractivity contribution is 5.86. The Labute approximate surface area is 107 Å². The van der Waals surface area contributed by atoms with Gasteiger partial charge in [-0.05, 0) is 43.2 Å². The first-order valence-corrected chi connectivity index (χ1v) is 6.60. The van der Waals surface area contributed by atoms with E-state index in [4.69, 9.17) is 14.9 Å².